The lowest BCUT2D eigenvalue weighted by Crippen LogP contribution is -2.34. The Bertz CT molecular complexity index is 436. The van der Waals surface area contributed by atoms with Crippen LogP contribution in [0.1, 0.15) is 18.3 Å². The molecule has 0 aliphatic carbocycles. The predicted molar refractivity (Wildman–Crippen MR) is 69.4 cm³/mol. The molecule has 0 radical (unpaired) electrons. The predicted octanol–water partition coefficient (Wildman–Crippen LogP) is -0.353. The zero-order valence-corrected chi connectivity index (χ0v) is 10.8. The van der Waals surface area contributed by atoms with Crippen molar-refractivity contribution in [2.24, 2.45) is 5.73 Å². The number of hydrogen-bond donors (Lipinski definition) is 4. The molecular weight excluding hydrogens is 234 g/mol. The van der Waals surface area contributed by atoms with Gasteiger partial charge in [-0.15, -0.1) is 0 Å². The Morgan fingerprint density at radius 2 is 2.06 bits per heavy atom. The van der Waals surface area contributed by atoms with Crippen molar-refractivity contribution in [3.8, 4) is 0 Å². The van der Waals surface area contributed by atoms with Crippen LogP contribution in [0.3, 0.4) is 0 Å². The van der Waals surface area contributed by atoms with Crippen LogP contribution in [0.5, 0.6) is 0 Å². The van der Waals surface area contributed by atoms with Crippen LogP contribution in [0.2, 0.25) is 0 Å². The van der Waals surface area contributed by atoms with Crippen molar-refractivity contribution >= 4 is 17.5 Å². The van der Waals surface area contributed by atoms with Gasteiger partial charge >= 0.3 is 0 Å². The number of carbonyl (C=O) groups excluding carboxylic acids is 1. The average Bonchev–Trinajstić information content (AvgIpc) is 2.36. The van der Waals surface area contributed by atoms with Crippen LogP contribution in [-0.2, 0) is 11.2 Å². The molecule has 0 aliphatic heterocycles. The summed E-state index contributed by atoms with van der Waals surface area (Å²) in [5, 5.41) is 15.2. The Labute approximate surface area is 106 Å². The highest BCUT2D eigenvalue weighted by Gasteiger charge is 2.13. The molecule has 0 saturated carbocycles. The molecule has 1 amide bonds. The minimum absolute atomic E-state index is 0.0273. The van der Waals surface area contributed by atoms with Crippen molar-refractivity contribution in [3.05, 3.63) is 11.4 Å². The molecule has 100 valence electrons. The summed E-state index contributed by atoms with van der Waals surface area (Å²) >= 11 is 0. The van der Waals surface area contributed by atoms with Crippen LogP contribution in [0, 0.1) is 6.92 Å². The summed E-state index contributed by atoms with van der Waals surface area (Å²) in [6.07, 6.45) is -0.537. The number of aliphatic hydroxyl groups is 1. The number of aliphatic hydroxyl groups excluding tert-OH is 1. The zero-order valence-electron chi connectivity index (χ0n) is 10.8. The Hall–Kier alpha value is -1.89. The smallest absolute Gasteiger partial charge is 0.248 e. The highest BCUT2D eigenvalue weighted by atomic mass is 16.3. The molecule has 1 rings (SSSR count). The fourth-order valence-electron chi connectivity index (χ4n) is 1.43. The first-order valence-corrected chi connectivity index (χ1v) is 5.76. The first-order chi connectivity index (χ1) is 8.49. The zero-order chi connectivity index (χ0) is 13.7. The third-order valence-electron chi connectivity index (χ3n) is 2.54. The first-order valence-electron chi connectivity index (χ1n) is 5.76. The van der Waals surface area contributed by atoms with E-state index < -0.39 is 12.0 Å². The molecule has 7 heteroatoms. The Morgan fingerprint density at radius 3 is 2.56 bits per heavy atom. The lowest BCUT2D eigenvalue weighted by Gasteiger charge is -2.14. The van der Waals surface area contributed by atoms with E-state index in [1.54, 1.807) is 7.05 Å². The third kappa shape index (κ3) is 3.30. The maximum absolute atomic E-state index is 10.7. The van der Waals surface area contributed by atoms with Gasteiger partial charge in [0, 0.05) is 19.0 Å². The third-order valence-corrected chi connectivity index (χ3v) is 2.54. The van der Waals surface area contributed by atoms with Crippen molar-refractivity contribution < 1.29 is 9.90 Å². The summed E-state index contributed by atoms with van der Waals surface area (Å²) in [6.45, 7) is 3.83. The first kappa shape index (κ1) is 14.2. The summed E-state index contributed by atoms with van der Waals surface area (Å²) in [5.74, 6) is 1.23. The quantitative estimate of drug-likeness (QED) is 0.551. The van der Waals surface area contributed by atoms with Gasteiger partial charge in [-0.3, -0.25) is 4.79 Å². The second-order valence-corrected chi connectivity index (χ2v) is 3.86. The fourth-order valence-corrected chi connectivity index (χ4v) is 1.43. The maximum atomic E-state index is 10.7. The van der Waals surface area contributed by atoms with E-state index in [0.29, 0.717) is 18.1 Å². The van der Waals surface area contributed by atoms with E-state index in [2.05, 4.69) is 20.6 Å². The highest BCUT2D eigenvalue weighted by Crippen LogP contribution is 2.19. The molecule has 1 aromatic heterocycles. The Morgan fingerprint density at radius 1 is 1.44 bits per heavy atom. The number of hydrogen-bond acceptors (Lipinski definition) is 6. The summed E-state index contributed by atoms with van der Waals surface area (Å²) in [4.78, 5) is 19.4. The van der Waals surface area contributed by atoms with Gasteiger partial charge < -0.3 is 21.5 Å². The van der Waals surface area contributed by atoms with E-state index in [9.17, 15) is 9.90 Å². The second-order valence-electron chi connectivity index (χ2n) is 3.86. The molecule has 0 bridgehead atoms. The summed E-state index contributed by atoms with van der Waals surface area (Å²) in [6, 6.07) is 0. The summed E-state index contributed by atoms with van der Waals surface area (Å²) in [5.41, 5.74) is 5.80. The van der Waals surface area contributed by atoms with Crippen molar-refractivity contribution in [1.82, 2.24) is 9.97 Å². The van der Waals surface area contributed by atoms with Crippen molar-refractivity contribution in [1.29, 1.82) is 0 Å². The largest absolute Gasteiger partial charge is 0.381 e. The van der Waals surface area contributed by atoms with E-state index >= 15 is 0 Å². The number of nitrogens with zero attached hydrogens (tertiary/aromatic N) is 2. The van der Waals surface area contributed by atoms with E-state index in [4.69, 9.17) is 5.73 Å². The SMILES string of the molecule is CCc1nc(NC)c(C)c(NCC(O)C(N)=O)n1. The molecule has 0 aliphatic rings. The van der Waals surface area contributed by atoms with Gasteiger partial charge in [-0.25, -0.2) is 9.97 Å². The molecule has 7 nitrogen and oxygen atoms in total. The molecule has 1 heterocycles. The van der Waals surface area contributed by atoms with Gasteiger partial charge in [0.05, 0.1) is 6.54 Å². The van der Waals surface area contributed by atoms with Gasteiger partial charge in [0.25, 0.3) is 0 Å². The molecule has 0 saturated heterocycles. The van der Waals surface area contributed by atoms with E-state index in [-0.39, 0.29) is 6.54 Å². The van der Waals surface area contributed by atoms with E-state index in [0.717, 1.165) is 11.4 Å². The number of amides is 1. The van der Waals surface area contributed by atoms with Crippen LogP contribution in [0.4, 0.5) is 11.6 Å². The van der Waals surface area contributed by atoms with Crippen LogP contribution in [0.15, 0.2) is 0 Å². The molecular formula is C11H19N5O2. The lowest BCUT2D eigenvalue weighted by molar-refractivity contribution is -0.125. The van der Waals surface area contributed by atoms with Crippen molar-refractivity contribution in [3.63, 3.8) is 0 Å². The number of rotatable bonds is 6. The van der Waals surface area contributed by atoms with Gasteiger partial charge in [-0.2, -0.15) is 0 Å². The van der Waals surface area contributed by atoms with Gasteiger partial charge in [-0.05, 0) is 6.92 Å². The molecule has 0 spiro atoms. The van der Waals surface area contributed by atoms with Crippen LogP contribution in [-0.4, -0.2) is 40.7 Å². The van der Waals surface area contributed by atoms with Gasteiger partial charge in [0.1, 0.15) is 23.6 Å². The molecule has 0 fully saturated rings. The second kappa shape index (κ2) is 6.15. The fraction of sp³-hybridized carbons (Fsp3) is 0.545. The Kier molecular flexibility index (Phi) is 4.85. The number of nitrogens with two attached hydrogens (primary N) is 1. The summed E-state index contributed by atoms with van der Waals surface area (Å²) in [7, 11) is 1.77. The monoisotopic (exact) mass is 253 g/mol. The van der Waals surface area contributed by atoms with Crippen LogP contribution >= 0.6 is 0 Å². The van der Waals surface area contributed by atoms with Gasteiger partial charge in [0.15, 0.2) is 0 Å². The van der Waals surface area contributed by atoms with Gasteiger partial charge in [-0.1, -0.05) is 6.92 Å². The van der Waals surface area contributed by atoms with Gasteiger partial charge in [0.2, 0.25) is 5.91 Å². The lowest BCUT2D eigenvalue weighted by atomic mass is 10.2. The molecule has 0 aromatic carbocycles. The van der Waals surface area contributed by atoms with Crippen molar-refractivity contribution in [2.45, 2.75) is 26.4 Å². The van der Waals surface area contributed by atoms with E-state index in [1.807, 2.05) is 13.8 Å². The standard InChI is InChI=1S/C11H19N5O2/c1-4-8-15-10(13-3)6(2)11(16-8)14-5-7(17)9(12)18/h7,17H,4-5H2,1-3H3,(H2,12,18)(H2,13,14,15,16). The number of aryl methyl sites for hydroxylation is 1. The minimum Gasteiger partial charge on any atom is -0.381 e. The number of primary amides is 1. The number of aromatic nitrogens is 2. The normalized spacial score (nSPS) is 12.0. The average molecular weight is 253 g/mol. The summed E-state index contributed by atoms with van der Waals surface area (Å²) < 4.78 is 0. The molecule has 1 aromatic rings. The van der Waals surface area contributed by atoms with Crippen LogP contribution in [0.25, 0.3) is 0 Å². The highest BCUT2D eigenvalue weighted by molar-refractivity contribution is 5.79. The van der Waals surface area contributed by atoms with E-state index in [1.165, 1.54) is 0 Å². The number of nitrogens with one attached hydrogen (secondary N) is 2. The van der Waals surface area contributed by atoms with Crippen molar-refractivity contribution in [2.75, 3.05) is 24.2 Å². The minimum atomic E-state index is -1.23. The maximum Gasteiger partial charge on any atom is 0.248 e. The number of anilines is 2. The molecule has 18 heavy (non-hydrogen) atoms. The van der Waals surface area contributed by atoms with Crippen LogP contribution < -0.4 is 16.4 Å². The molecule has 1 unspecified atom stereocenters. The topological polar surface area (TPSA) is 113 Å². The Balaban J connectivity index is 2.90. The molecule has 5 N–H and O–H groups in total. The molecule has 1 atom stereocenters. The number of carbonyl (C=O) groups is 1.